The SMILES string of the molecule is Cc1cc(CNC(C)C)nc(-c2ncc(Br)cc2Br)n1. The van der Waals surface area contributed by atoms with Crippen molar-refractivity contribution in [2.24, 2.45) is 0 Å². The van der Waals surface area contributed by atoms with E-state index in [1.165, 1.54) is 0 Å². The normalized spacial score (nSPS) is 11.1. The van der Waals surface area contributed by atoms with Gasteiger partial charge < -0.3 is 5.32 Å². The third-order valence-corrected chi connectivity index (χ3v) is 3.66. The van der Waals surface area contributed by atoms with Gasteiger partial charge in [0.15, 0.2) is 5.82 Å². The number of halogens is 2. The number of aryl methyl sites for hydroxylation is 1. The predicted molar refractivity (Wildman–Crippen MR) is 87.4 cm³/mol. The molecule has 20 heavy (non-hydrogen) atoms. The lowest BCUT2D eigenvalue weighted by atomic mass is 10.2. The molecule has 0 aliphatic heterocycles. The van der Waals surface area contributed by atoms with Gasteiger partial charge in [0.05, 0.1) is 5.69 Å². The van der Waals surface area contributed by atoms with E-state index < -0.39 is 0 Å². The molecule has 1 N–H and O–H groups in total. The summed E-state index contributed by atoms with van der Waals surface area (Å²) in [6, 6.07) is 4.36. The van der Waals surface area contributed by atoms with Crippen molar-refractivity contribution in [3.05, 3.63) is 38.7 Å². The van der Waals surface area contributed by atoms with Gasteiger partial charge in [-0.15, -0.1) is 0 Å². The second-order valence-corrected chi connectivity index (χ2v) is 6.61. The third kappa shape index (κ3) is 4.07. The van der Waals surface area contributed by atoms with E-state index in [1.54, 1.807) is 6.20 Å². The first-order valence-electron chi connectivity index (χ1n) is 6.35. The molecule has 2 rings (SSSR count). The van der Waals surface area contributed by atoms with Crippen molar-refractivity contribution >= 4 is 31.9 Å². The molecule has 0 saturated heterocycles. The van der Waals surface area contributed by atoms with Crippen molar-refractivity contribution in [1.29, 1.82) is 0 Å². The quantitative estimate of drug-likeness (QED) is 0.847. The predicted octanol–water partition coefficient (Wildman–Crippen LogP) is 3.87. The van der Waals surface area contributed by atoms with Crippen LogP contribution in [0.5, 0.6) is 0 Å². The molecule has 0 atom stereocenters. The van der Waals surface area contributed by atoms with Crippen molar-refractivity contribution in [1.82, 2.24) is 20.3 Å². The van der Waals surface area contributed by atoms with Crippen molar-refractivity contribution in [3.63, 3.8) is 0 Å². The Hall–Kier alpha value is -0.850. The number of aromatic nitrogens is 3. The fourth-order valence-electron chi connectivity index (χ4n) is 1.72. The molecule has 0 amide bonds. The highest BCUT2D eigenvalue weighted by Crippen LogP contribution is 2.26. The van der Waals surface area contributed by atoms with Crippen molar-refractivity contribution in [2.75, 3.05) is 0 Å². The van der Waals surface area contributed by atoms with Gasteiger partial charge in [0, 0.05) is 33.4 Å². The standard InChI is InChI=1S/C14H16Br2N4/c1-8(2)17-7-11-4-9(3)19-14(20-11)13-12(16)5-10(15)6-18-13/h4-6,8,17H,7H2,1-3H3. The van der Waals surface area contributed by atoms with Crippen LogP contribution in [0.4, 0.5) is 0 Å². The fourth-order valence-corrected chi connectivity index (χ4v) is 2.88. The number of nitrogens with zero attached hydrogens (tertiary/aromatic N) is 3. The van der Waals surface area contributed by atoms with Crippen LogP contribution in [-0.2, 0) is 6.54 Å². The monoisotopic (exact) mass is 398 g/mol. The summed E-state index contributed by atoms with van der Waals surface area (Å²) in [7, 11) is 0. The van der Waals surface area contributed by atoms with Crippen LogP contribution >= 0.6 is 31.9 Å². The van der Waals surface area contributed by atoms with Gasteiger partial charge in [-0.2, -0.15) is 0 Å². The largest absolute Gasteiger partial charge is 0.309 e. The van der Waals surface area contributed by atoms with Gasteiger partial charge in [-0.1, -0.05) is 13.8 Å². The van der Waals surface area contributed by atoms with E-state index in [0.29, 0.717) is 11.9 Å². The van der Waals surface area contributed by atoms with E-state index in [0.717, 1.165) is 32.6 Å². The molecule has 2 heterocycles. The lowest BCUT2D eigenvalue weighted by molar-refractivity contribution is 0.580. The van der Waals surface area contributed by atoms with Gasteiger partial charge >= 0.3 is 0 Å². The first-order valence-corrected chi connectivity index (χ1v) is 7.93. The molecule has 2 aromatic rings. The Kier molecular flexibility index (Phi) is 5.23. The molecule has 6 heteroatoms. The molecule has 4 nitrogen and oxygen atoms in total. The van der Waals surface area contributed by atoms with Gasteiger partial charge in [0.2, 0.25) is 0 Å². The first kappa shape index (κ1) is 15.5. The molecule has 0 aliphatic carbocycles. The molecule has 0 unspecified atom stereocenters. The maximum Gasteiger partial charge on any atom is 0.179 e. The van der Waals surface area contributed by atoms with Gasteiger partial charge in [-0.3, -0.25) is 4.98 Å². The number of hydrogen-bond donors (Lipinski definition) is 1. The molecule has 0 radical (unpaired) electrons. The van der Waals surface area contributed by atoms with Crippen LogP contribution in [0.25, 0.3) is 11.5 Å². The zero-order chi connectivity index (χ0) is 14.7. The summed E-state index contributed by atoms with van der Waals surface area (Å²) in [6.45, 7) is 6.92. The van der Waals surface area contributed by atoms with Crippen molar-refractivity contribution in [3.8, 4) is 11.5 Å². The average Bonchev–Trinajstić information content (AvgIpc) is 2.35. The summed E-state index contributed by atoms with van der Waals surface area (Å²) in [4.78, 5) is 13.4. The third-order valence-electron chi connectivity index (χ3n) is 2.62. The Labute approximate surface area is 135 Å². The van der Waals surface area contributed by atoms with Crippen LogP contribution in [0.15, 0.2) is 27.3 Å². The van der Waals surface area contributed by atoms with E-state index in [1.807, 2.05) is 19.1 Å². The summed E-state index contributed by atoms with van der Waals surface area (Å²) in [5, 5.41) is 3.36. The summed E-state index contributed by atoms with van der Waals surface area (Å²) in [5.74, 6) is 0.643. The Morgan fingerprint density at radius 1 is 1.20 bits per heavy atom. The zero-order valence-electron chi connectivity index (χ0n) is 11.6. The van der Waals surface area contributed by atoms with Crippen LogP contribution in [0.2, 0.25) is 0 Å². The summed E-state index contributed by atoms with van der Waals surface area (Å²) < 4.78 is 1.79. The molecule has 0 spiro atoms. The average molecular weight is 400 g/mol. The first-order chi connectivity index (χ1) is 9.45. The minimum Gasteiger partial charge on any atom is -0.309 e. The minimum atomic E-state index is 0.422. The van der Waals surface area contributed by atoms with Gasteiger partial charge in [0.1, 0.15) is 5.69 Å². The minimum absolute atomic E-state index is 0.422. The topological polar surface area (TPSA) is 50.7 Å². The lowest BCUT2D eigenvalue weighted by Crippen LogP contribution is -2.22. The van der Waals surface area contributed by atoms with E-state index >= 15 is 0 Å². The molecule has 0 aromatic carbocycles. The maximum atomic E-state index is 4.58. The summed E-state index contributed by atoms with van der Waals surface area (Å²) in [5.41, 5.74) is 2.66. The smallest absolute Gasteiger partial charge is 0.179 e. The Bertz CT molecular complexity index is 614. The molecular weight excluding hydrogens is 384 g/mol. The molecule has 0 aliphatic rings. The molecule has 0 fully saturated rings. The molecule has 2 aromatic heterocycles. The Morgan fingerprint density at radius 3 is 2.60 bits per heavy atom. The van der Waals surface area contributed by atoms with Crippen LogP contribution in [0, 0.1) is 6.92 Å². The zero-order valence-corrected chi connectivity index (χ0v) is 14.8. The highest BCUT2D eigenvalue weighted by atomic mass is 79.9. The van der Waals surface area contributed by atoms with Crippen LogP contribution in [-0.4, -0.2) is 21.0 Å². The van der Waals surface area contributed by atoms with Crippen LogP contribution < -0.4 is 5.32 Å². The second kappa shape index (κ2) is 6.74. The van der Waals surface area contributed by atoms with E-state index in [4.69, 9.17) is 0 Å². The lowest BCUT2D eigenvalue weighted by Gasteiger charge is -2.10. The van der Waals surface area contributed by atoms with Crippen LogP contribution in [0.3, 0.4) is 0 Å². The van der Waals surface area contributed by atoms with E-state index in [9.17, 15) is 0 Å². The Balaban J connectivity index is 2.36. The Morgan fingerprint density at radius 2 is 1.95 bits per heavy atom. The van der Waals surface area contributed by atoms with E-state index in [2.05, 4.69) is 66.0 Å². The summed E-state index contributed by atoms with van der Waals surface area (Å²) in [6.07, 6.45) is 1.75. The van der Waals surface area contributed by atoms with Crippen molar-refractivity contribution in [2.45, 2.75) is 33.4 Å². The van der Waals surface area contributed by atoms with Gasteiger partial charge in [-0.25, -0.2) is 9.97 Å². The number of nitrogens with one attached hydrogen (secondary N) is 1. The maximum absolute atomic E-state index is 4.58. The van der Waals surface area contributed by atoms with E-state index in [-0.39, 0.29) is 0 Å². The van der Waals surface area contributed by atoms with Crippen molar-refractivity contribution < 1.29 is 0 Å². The number of pyridine rings is 1. The fraction of sp³-hybridized carbons (Fsp3) is 0.357. The molecule has 0 saturated carbocycles. The van der Waals surface area contributed by atoms with Gasteiger partial charge in [0.25, 0.3) is 0 Å². The van der Waals surface area contributed by atoms with Gasteiger partial charge in [-0.05, 0) is 50.9 Å². The second-order valence-electron chi connectivity index (χ2n) is 4.84. The summed E-state index contributed by atoms with van der Waals surface area (Å²) >= 11 is 6.90. The highest BCUT2D eigenvalue weighted by molar-refractivity contribution is 9.11. The highest BCUT2D eigenvalue weighted by Gasteiger charge is 2.11. The number of rotatable bonds is 4. The molecule has 0 bridgehead atoms. The van der Waals surface area contributed by atoms with Crippen LogP contribution in [0.1, 0.15) is 25.2 Å². The molecule has 106 valence electrons. The number of hydrogen-bond acceptors (Lipinski definition) is 4. The molecular formula is C14H16Br2N4.